The molecule has 0 radical (unpaired) electrons. The van der Waals surface area contributed by atoms with Crippen LogP contribution in [0.3, 0.4) is 0 Å². The van der Waals surface area contributed by atoms with Crippen molar-refractivity contribution in [1.29, 1.82) is 0 Å². The number of carbonyl (C=O) groups is 2. The van der Waals surface area contributed by atoms with Gasteiger partial charge in [-0.1, -0.05) is 48.5 Å². The summed E-state index contributed by atoms with van der Waals surface area (Å²) in [7, 11) is 0. The van der Waals surface area contributed by atoms with Crippen molar-refractivity contribution in [2.45, 2.75) is 19.3 Å². The molecule has 158 valence electrons. The highest BCUT2D eigenvalue weighted by molar-refractivity contribution is 5.94. The Labute approximate surface area is 179 Å². The summed E-state index contributed by atoms with van der Waals surface area (Å²) in [5, 5.41) is 0. The summed E-state index contributed by atoms with van der Waals surface area (Å²) in [6, 6.07) is 20.1. The van der Waals surface area contributed by atoms with E-state index in [2.05, 4.69) is 35.2 Å². The molecule has 2 aliphatic rings. The van der Waals surface area contributed by atoms with E-state index >= 15 is 0 Å². The van der Waals surface area contributed by atoms with E-state index in [1.807, 2.05) is 35.2 Å². The van der Waals surface area contributed by atoms with Gasteiger partial charge in [-0.3, -0.25) is 9.59 Å². The third-order valence-electron chi connectivity index (χ3n) is 6.51. The second-order valence-corrected chi connectivity index (χ2v) is 8.60. The van der Waals surface area contributed by atoms with Crippen molar-refractivity contribution in [3.8, 4) is 0 Å². The molecule has 0 saturated carbocycles. The van der Waals surface area contributed by atoms with Crippen LogP contribution in [0.2, 0.25) is 0 Å². The summed E-state index contributed by atoms with van der Waals surface area (Å²) in [6.45, 7) is 5.43. The maximum atomic E-state index is 12.8. The maximum absolute atomic E-state index is 12.8. The van der Waals surface area contributed by atoms with Crippen molar-refractivity contribution < 1.29 is 14.5 Å². The largest absolute Gasteiger partial charge is 0.338 e. The van der Waals surface area contributed by atoms with Crippen LogP contribution in [0, 0.1) is 5.92 Å². The SMILES string of the molecule is O=C(C[NH+]1CCN(C(=O)c2ccccc2)CC1)N1CCC(Cc2ccccc2)CC1. The fourth-order valence-corrected chi connectivity index (χ4v) is 4.63. The summed E-state index contributed by atoms with van der Waals surface area (Å²) in [5.74, 6) is 1.05. The van der Waals surface area contributed by atoms with Gasteiger partial charge in [0.05, 0.1) is 26.2 Å². The van der Waals surface area contributed by atoms with Gasteiger partial charge in [-0.25, -0.2) is 0 Å². The zero-order valence-electron chi connectivity index (χ0n) is 17.6. The van der Waals surface area contributed by atoms with Crippen LogP contribution < -0.4 is 4.90 Å². The van der Waals surface area contributed by atoms with Crippen LogP contribution in [-0.4, -0.2) is 67.4 Å². The first-order chi connectivity index (χ1) is 14.7. The monoisotopic (exact) mass is 406 g/mol. The predicted octanol–water partition coefficient (Wildman–Crippen LogP) is 1.51. The van der Waals surface area contributed by atoms with Crippen molar-refractivity contribution in [1.82, 2.24) is 9.80 Å². The Bertz CT molecular complexity index is 824. The number of piperidine rings is 1. The summed E-state index contributed by atoms with van der Waals surface area (Å²) >= 11 is 0. The molecule has 0 atom stereocenters. The normalized spacial score (nSPS) is 18.4. The van der Waals surface area contributed by atoms with Gasteiger partial charge in [0.2, 0.25) is 0 Å². The Morgan fingerprint density at radius 3 is 2.03 bits per heavy atom. The van der Waals surface area contributed by atoms with E-state index in [-0.39, 0.29) is 11.8 Å². The number of amides is 2. The Morgan fingerprint density at radius 2 is 1.40 bits per heavy atom. The Kier molecular flexibility index (Phi) is 6.80. The predicted molar refractivity (Wildman–Crippen MR) is 117 cm³/mol. The lowest BCUT2D eigenvalue weighted by atomic mass is 9.90. The molecule has 2 amide bonds. The molecule has 2 aliphatic heterocycles. The minimum atomic E-state index is 0.0986. The van der Waals surface area contributed by atoms with E-state index in [9.17, 15) is 9.59 Å². The van der Waals surface area contributed by atoms with E-state index in [0.29, 0.717) is 12.5 Å². The van der Waals surface area contributed by atoms with Crippen LogP contribution in [0.15, 0.2) is 60.7 Å². The first-order valence-electron chi connectivity index (χ1n) is 11.2. The molecule has 5 heteroatoms. The number of quaternary nitrogens is 1. The fraction of sp³-hybridized carbons (Fsp3) is 0.440. The molecule has 2 saturated heterocycles. The van der Waals surface area contributed by atoms with Crippen molar-refractivity contribution in [3.63, 3.8) is 0 Å². The van der Waals surface area contributed by atoms with Crippen LogP contribution in [0.25, 0.3) is 0 Å². The molecule has 2 aromatic rings. The summed E-state index contributed by atoms with van der Waals surface area (Å²) in [5.41, 5.74) is 2.14. The summed E-state index contributed by atoms with van der Waals surface area (Å²) in [6.07, 6.45) is 3.30. The molecule has 0 aliphatic carbocycles. The van der Waals surface area contributed by atoms with Crippen molar-refractivity contribution in [2.75, 3.05) is 45.8 Å². The van der Waals surface area contributed by atoms with Gasteiger partial charge < -0.3 is 14.7 Å². The zero-order chi connectivity index (χ0) is 20.8. The van der Waals surface area contributed by atoms with Crippen LogP contribution >= 0.6 is 0 Å². The Morgan fingerprint density at radius 1 is 0.800 bits per heavy atom. The number of piperazine rings is 1. The van der Waals surface area contributed by atoms with Crippen molar-refractivity contribution in [3.05, 3.63) is 71.8 Å². The first kappa shape index (κ1) is 20.6. The lowest BCUT2D eigenvalue weighted by molar-refractivity contribution is -0.896. The van der Waals surface area contributed by atoms with Crippen molar-refractivity contribution in [2.24, 2.45) is 5.92 Å². The average molecular weight is 407 g/mol. The molecule has 30 heavy (non-hydrogen) atoms. The number of benzene rings is 2. The molecule has 1 N–H and O–H groups in total. The lowest BCUT2D eigenvalue weighted by Crippen LogP contribution is -3.15. The minimum absolute atomic E-state index is 0.0986. The highest BCUT2D eigenvalue weighted by Gasteiger charge is 2.29. The average Bonchev–Trinajstić information content (AvgIpc) is 2.81. The molecule has 0 spiro atoms. The molecule has 2 heterocycles. The first-order valence-corrected chi connectivity index (χ1v) is 11.2. The topological polar surface area (TPSA) is 45.1 Å². The standard InChI is InChI=1S/C25H31N3O2/c29-24(27-13-11-22(12-14-27)19-21-7-3-1-4-8-21)20-26-15-17-28(18-16-26)25(30)23-9-5-2-6-10-23/h1-10,22H,11-20H2/p+1. The molecule has 5 nitrogen and oxygen atoms in total. The molecule has 4 rings (SSSR count). The van der Waals surface area contributed by atoms with Gasteiger partial charge in [-0.15, -0.1) is 0 Å². The van der Waals surface area contributed by atoms with Gasteiger partial charge in [0.1, 0.15) is 0 Å². The molecule has 0 bridgehead atoms. The maximum Gasteiger partial charge on any atom is 0.277 e. The molecule has 2 fully saturated rings. The van der Waals surface area contributed by atoms with Gasteiger partial charge in [-0.05, 0) is 42.9 Å². The third-order valence-corrected chi connectivity index (χ3v) is 6.51. The summed E-state index contributed by atoms with van der Waals surface area (Å²) < 4.78 is 0. The molecule has 0 unspecified atom stereocenters. The van der Waals surface area contributed by atoms with Gasteiger partial charge in [0.15, 0.2) is 6.54 Å². The Balaban J connectivity index is 1.19. The summed E-state index contributed by atoms with van der Waals surface area (Å²) in [4.78, 5) is 30.6. The number of hydrogen-bond donors (Lipinski definition) is 1. The highest BCUT2D eigenvalue weighted by atomic mass is 16.2. The van der Waals surface area contributed by atoms with Gasteiger partial charge in [0.25, 0.3) is 11.8 Å². The van der Waals surface area contributed by atoms with E-state index in [4.69, 9.17) is 0 Å². The van der Waals surface area contributed by atoms with E-state index in [0.717, 1.165) is 64.1 Å². The number of hydrogen-bond acceptors (Lipinski definition) is 2. The minimum Gasteiger partial charge on any atom is -0.338 e. The van der Waals surface area contributed by atoms with Crippen molar-refractivity contribution >= 4 is 11.8 Å². The zero-order valence-corrected chi connectivity index (χ0v) is 17.6. The van der Waals surface area contributed by atoms with Gasteiger partial charge in [0, 0.05) is 18.7 Å². The smallest absolute Gasteiger partial charge is 0.277 e. The number of carbonyl (C=O) groups excluding carboxylic acids is 2. The van der Waals surface area contributed by atoms with Crippen LogP contribution in [0.5, 0.6) is 0 Å². The molecular weight excluding hydrogens is 374 g/mol. The number of nitrogens with one attached hydrogen (secondary N) is 1. The molecular formula is C25H32N3O2+. The van der Waals surface area contributed by atoms with E-state index in [1.54, 1.807) is 0 Å². The van der Waals surface area contributed by atoms with Crippen LogP contribution in [0.1, 0.15) is 28.8 Å². The fourth-order valence-electron chi connectivity index (χ4n) is 4.63. The quantitative estimate of drug-likeness (QED) is 0.818. The highest BCUT2D eigenvalue weighted by Crippen LogP contribution is 2.21. The second kappa shape index (κ2) is 9.90. The van der Waals surface area contributed by atoms with Gasteiger partial charge >= 0.3 is 0 Å². The third kappa shape index (κ3) is 5.28. The van der Waals surface area contributed by atoms with Crippen LogP contribution in [0.4, 0.5) is 0 Å². The van der Waals surface area contributed by atoms with Gasteiger partial charge in [-0.2, -0.15) is 0 Å². The molecule has 2 aromatic carbocycles. The second-order valence-electron chi connectivity index (χ2n) is 8.60. The number of likely N-dealkylation sites (tertiary alicyclic amines) is 1. The van der Waals surface area contributed by atoms with Crippen LogP contribution in [-0.2, 0) is 11.2 Å². The molecule has 0 aromatic heterocycles. The van der Waals surface area contributed by atoms with E-state index < -0.39 is 0 Å². The van der Waals surface area contributed by atoms with E-state index in [1.165, 1.54) is 10.5 Å². The number of rotatable bonds is 5. The Hall–Kier alpha value is -2.66. The lowest BCUT2D eigenvalue weighted by Gasteiger charge is -2.35. The number of nitrogens with zero attached hydrogens (tertiary/aromatic N) is 2.